The maximum Gasteiger partial charge on any atom is 0.0642 e. The van der Waals surface area contributed by atoms with Crippen LogP contribution in [0.2, 0.25) is 0 Å². The molecule has 2 rings (SSSR count). The number of anilines is 1. The van der Waals surface area contributed by atoms with Crippen molar-refractivity contribution in [3.05, 3.63) is 29.8 Å². The van der Waals surface area contributed by atoms with Gasteiger partial charge in [0.05, 0.1) is 19.3 Å². The number of benzene rings is 1. The van der Waals surface area contributed by atoms with Crippen LogP contribution in [-0.2, 0) is 11.3 Å². The predicted molar refractivity (Wildman–Crippen MR) is 86.6 cm³/mol. The molecular weight excluding hydrogens is 264 g/mol. The summed E-state index contributed by atoms with van der Waals surface area (Å²) in [6.07, 6.45) is 0.625. The van der Waals surface area contributed by atoms with E-state index in [0.717, 1.165) is 45.8 Å². The third-order valence-electron chi connectivity index (χ3n) is 3.90. The van der Waals surface area contributed by atoms with Gasteiger partial charge in [-0.25, -0.2) is 0 Å². The predicted octanol–water partition coefficient (Wildman–Crippen LogP) is 2.02. The summed E-state index contributed by atoms with van der Waals surface area (Å²) < 4.78 is 5.43. The summed E-state index contributed by atoms with van der Waals surface area (Å²) in [5.41, 5.74) is 2.65. The van der Waals surface area contributed by atoms with Crippen LogP contribution >= 0.6 is 0 Å². The minimum absolute atomic E-state index is 0.220. The molecule has 0 spiro atoms. The molecule has 0 amide bonds. The lowest BCUT2D eigenvalue weighted by atomic mass is 10.0. The van der Waals surface area contributed by atoms with E-state index in [4.69, 9.17) is 4.74 Å². The first kappa shape index (κ1) is 16.3. The molecule has 1 aliphatic heterocycles. The number of ether oxygens (including phenoxy) is 1. The monoisotopic (exact) mass is 292 g/mol. The van der Waals surface area contributed by atoms with Crippen LogP contribution < -0.4 is 10.2 Å². The average molecular weight is 292 g/mol. The zero-order valence-corrected chi connectivity index (χ0v) is 13.2. The highest BCUT2D eigenvalue weighted by Crippen LogP contribution is 2.21. The Labute approximate surface area is 128 Å². The van der Waals surface area contributed by atoms with Crippen LogP contribution in [0.4, 0.5) is 5.69 Å². The fourth-order valence-electron chi connectivity index (χ4n) is 2.89. The molecule has 2 atom stereocenters. The van der Waals surface area contributed by atoms with E-state index < -0.39 is 0 Å². The van der Waals surface area contributed by atoms with E-state index in [1.165, 1.54) is 11.3 Å². The van der Waals surface area contributed by atoms with Crippen LogP contribution in [0.3, 0.4) is 0 Å². The van der Waals surface area contributed by atoms with Crippen LogP contribution in [-0.4, -0.2) is 44.1 Å². The van der Waals surface area contributed by atoms with Gasteiger partial charge in [0.25, 0.3) is 0 Å². The Kier molecular flexibility index (Phi) is 6.49. The second-order valence-corrected chi connectivity index (χ2v) is 6.05. The maximum absolute atomic E-state index is 9.41. The van der Waals surface area contributed by atoms with E-state index in [9.17, 15) is 5.11 Å². The van der Waals surface area contributed by atoms with E-state index in [-0.39, 0.29) is 6.10 Å². The van der Waals surface area contributed by atoms with Crippen LogP contribution in [0.15, 0.2) is 24.3 Å². The molecule has 0 aromatic heterocycles. The summed E-state index contributed by atoms with van der Waals surface area (Å²) in [5, 5.41) is 12.9. The Morgan fingerprint density at radius 3 is 2.67 bits per heavy atom. The van der Waals surface area contributed by atoms with Gasteiger partial charge in [-0.2, -0.15) is 0 Å². The Hall–Kier alpha value is -1.10. The first-order valence-electron chi connectivity index (χ1n) is 7.96. The van der Waals surface area contributed by atoms with Crippen molar-refractivity contribution >= 4 is 5.69 Å². The van der Waals surface area contributed by atoms with Gasteiger partial charge in [-0.05, 0) is 37.4 Å². The second-order valence-electron chi connectivity index (χ2n) is 6.05. The second kappa shape index (κ2) is 8.37. The first-order chi connectivity index (χ1) is 10.2. The van der Waals surface area contributed by atoms with E-state index >= 15 is 0 Å². The summed E-state index contributed by atoms with van der Waals surface area (Å²) in [6.45, 7) is 9.39. The molecule has 0 radical (unpaired) electrons. The highest BCUT2D eigenvalue weighted by molar-refractivity contribution is 5.53. The van der Waals surface area contributed by atoms with Crippen LogP contribution in [0.5, 0.6) is 0 Å². The fraction of sp³-hybridized carbons (Fsp3) is 0.647. The lowest BCUT2D eigenvalue weighted by molar-refractivity contribution is 0.122. The van der Waals surface area contributed by atoms with E-state index in [0.29, 0.717) is 5.92 Å². The molecule has 0 bridgehead atoms. The number of rotatable bonds is 7. The van der Waals surface area contributed by atoms with Crippen LogP contribution in [0.1, 0.15) is 25.8 Å². The lowest BCUT2D eigenvalue weighted by Crippen LogP contribution is -2.37. The molecule has 1 heterocycles. The van der Waals surface area contributed by atoms with Gasteiger partial charge in [-0.15, -0.1) is 0 Å². The summed E-state index contributed by atoms with van der Waals surface area (Å²) >= 11 is 0. The summed E-state index contributed by atoms with van der Waals surface area (Å²) in [5.74, 6) is 0.487. The molecule has 21 heavy (non-hydrogen) atoms. The van der Waals surface area contributed by atoms with Gasteiger partial charge in [0.15, 0.2) is 0 Å². The fourth-order valence-corrected chi connectivity index (χ4v) is 2.89. The average Bonchev–Trinajstić information content (AvgIpc) is 2.48. The molecule has 0 saturated carbocycles. The number of morpholine rings is 1. The smallest absolute Gasteiger partial charge is 0.0642 e. The van der Waals surface area contributed by atoms with E-state index in [1.54, 1.807) is 0 Å². The number of aliphatic hydroxyl groups is 1. The van der Waals surface area contributed by atoms with Gasteiger partial charge >= 0.3 is 0 Å². The third kappa shape index (κ3) is 5.30. The number of aliphatic hydroxyl groups excluding tert-OH is 1. The van der Waals surface area contributed by atoms with Gasteiger partial charge in [0.2, 0.25) is 0 Å². The molecule has 4 nitrogen and oxygen atoms in total. The minimum atomic E-state index is -0.220. The topological polar surface area (TPSA) is 44.7 Å². The maximum atomic E-state index is 9.41. The van der Waals surface area contributed by atoms with Crippen molar-refractivity contribution in [3.63, 3.8) is 0 Å². The standard InChI is InChI=1S/C17H28N2O2/c1-14(11-15(2)20)12-18-13-16-5-3-4-6-17(16)19-7-9-21-10-8-19/h3-6,14-15,18,20H,7-13H2,1-2H3. The number of para-hydroxylation sites is 1. The van der Waals surface area contributed by atoms with Crippen LogP contribution in [0, 0.1) is 5.92 Å². The Morgan fingerprint density at radius 1 is 1.24 bits per heavy atom. The first-order valence-corrected chi connectivity index (χ1v) is 7.96. The van der Waals surface area contributed by atoms with Crippen LogP contribution in [0.25, 0.3) is 0 Å². The molecule has 2 N–H and O–H groups in total. The van der Waals surface area contributed by atoms with Gasteiger partial charge in [0.1, 0.15) is 0 Å². The van der Waals surface area contributed by atoms with Gasteiger partial charge in [-0.1, -0.05) is 25.1 Å². The molecule has 1 aromatic rings. The summed E-state index contributed by atoms with van der Waals surface area (Å²) in [6, 6.07) is 8.59. The quantitative estimate of drug-likeness (QED) is 0.807. The van der Waals surface area contributed by atoms with Crippen molar-refractivity contribution in [2.45, 2.75) is 32.9 Å². The van der Waals surface area contributed by atoms with Crippen molar-refractivity contribution < 1.29 is 9.84 Å². The lowest BCUT2D eigenvalue weighted by Gasteiger charge is -2.30. The van der Waals surface area contributed by atoms with Crippen molar-refractivity contribution in [1.29, 1.82) is 0 Å². The van der Waals surface area contributed by atoms with Crippen molar-refractivity contribution in [1.82, 2.24) is 5.32 Å². The van der Waals surface area contributed by atoms with E-state index in [1.807, 2.05) is 6.92 Å². The van der Waals surface area contributed by atoms with Crippen molar-refractivity contribution in [2.75, 3.05) is 37.7 Å². The van der Waals surface area contributed by atoms with Crippen molar-refractivity contribution in [2.24, 2.45) is 5.92 Å². The molecule has 1 saturated heterocycles. The highest BCUT2D eigenvalue weighted by Gasteiger charge is 2.14. The Bertz CT molecular complexity index is 417. The van der Waals surface area contributed by atoms with Gasteiger partial charge in [-0.3, -0.25) is 0 Å². The SMILES string of the molecule is CC(O)CC(C)CNCc1ccccc1N1CCOCC1. The number of hydrogen-bond donors (Lipinski definition) is 2. The van der Waals surface area contributed by atoms with Gasteiger partial charge in [0, 0.05) is 25.3 Å². The van der Waals surface area contributed by atoms with E-state index in [2.05, 4.69) is 41.4 Å². The molecule has 1 aliphatic rings. The molecular formula is C17H28N2O2. The van der Waals surface area contributed by atoms with Crippen molar-refractivity contribution in [3.8, 4) is 0 Å². The summed E-state index contributed by atoms with van der Waals surface area (Å²) in [4.78, 5) is 2.40. The number of nitrogens with one attached hydrogen (secondary N) is 1. The number of hydrogen-bond acceptors (Lipinski definition) is 4. The molecule has 4 heteroatoms. The van der Waals surface area contributed by atoms with Gasteiger partial charge < -0.3 is 20.1 Å². The third-order valence-corrected chi connectivity index (χ3v) is 3.90. The zero-order valence-electron chi connectivity index (χ0n) is 13.2. The normalized spacial score (nSPS) is 18.5. The molecule has 2 unspecified atom stereocenters. The largest absolute Gasteiger partial charge is 0.393 e. The highest BCUT2D eigenvalue weighted by atomic mass is 16.5. The summed E-state index contributed by atoms with van der Waals surface area (Å²) in [7, 11) is 0. The zero-order chi connectivity index (χ0) is 15.1. The Balaban J connectivity index is 1.88. The molecule has 118 valence electrons. The Morgan fingerprint density at radius 2 is 1.95 bits per heavy atom. The minimum Gasteiger partial charge on any atom is -0.393 e. The molecule has 0 aliphatic carbocycles. The number of nitrogens with zero attached hydrogens (tertiary/aromatic N) is 1. The molecule has 1 fully saturated rings. The molecule has 1 aromatic carbocycles.